The van der Waals surface area contributed by atoms with Crippen molar-refractivity contribution < 1.29 is 13.5 Å². The van der Waals surface area contributed by atoms with E-state index in [1.165, 1.54) is 20.3 Å². The second kappa shape index (κ2) is 8.31. The SMILES string of the molecule is CCCC(CCO)CNc1ccc(S(=O)(=O)N(C)C)cn1. The molecule has 0 fully saturated rings. The predicted octanol–water partition coefficient (Wildman–Crippen LogP) is 1.54. The van der Waals surface area contributed by atoms with E-state index < -0.39 is 10.0 Å². The fourth-order valence-corrected chi connectivity index (χ4v) is 2.88. The fraction of sp³-hybridized carbons (Fsp3) is 0.643. The number of nitrogens with one attached hydrogen (secondary N) is 1. The molecule has 0 saturated heterocycles. The third-order valence-corrected chi connectivity index (χ3v) is 5.12. The van der Waals surface area contributed by atoms with E-state index in [0.29, 0.717) is 11.7 Å². The van der Waals surface area contributed by atoms with Gasteiger partial charge in [-0.25, -0.2) is 17.7 Å². The number of anilines is 1. The lowest BCUT2D eigenvalue weighted by Crippen LogP contribution is -2.22. The average molecular weight is 315 g/mol. The van der Waals surface area contributed by atoms with Crippen LogP contribution in [0.5, 0.6) is 0 Å². The van der Waals surface area contributed by atoms with Gasteiger partial charge in [-0.1, -0.05) is 13.3 Å². The van der Waals surface area contributed by atoms with Crippen molar-refractivity contribution in [3.05, 3.63) is 18.3 Å². The minimum Gasteiger partial charge on any atom is -0.396 e. The predicted molar refractivity (Wildman–Crippen MR) is 83.7 cm³/mol. The monoisotopic (exact) mass is 315 g/mol. The fourth-order valence-electron chi connectivity index (χ4n) is 2.04. The molecule has 21 heavy (non-hydrogen) atoms. The highest BCUT2D eigenvalue weighted by molar-refractivity contribution is 7.89. The Morgan fingerprint density at radius 2 is 2.05 bits per heavy atom. The number of hydrogen-bond acceptors (Lipinski definition) is 5. The highest BCUT2D eigenvalue weighted by atomic mass is 32.2. The maximum atomic E-state index is 11.9. The molecule has 0 radical (unpaired) electrons. The lowest BCUT2D eigenvalue weighted by atomic mass is 10.0. The van der Waals surface area contributed by atoms with Crippen molar-refractivity contribution in [1.82, 2.24) is 9.29 Å². The van der Waals surface area contributed by atoms with Gasteiger partial charge in [0.05, 0.1) is 0 Å². The Morgan fingerprint density at radius 3 is 2.52 bits per heavy atom. The first-order valence-corrected chi connectivity index (χ1v) is 8.59. The second-order valence-electron chi connectivity index (χ2n) is 5.21. The molecule has 1 atom stereocenters. The quantitative estimate of drug-likeness (QED) is 0.722. The van der Waals surface area contributed by atoms with Crippen molar-refractivity contribution in [2.24, 2.45) is 5.92 Å². The van der Waals surface area contributed by atoms with Crippen LogP contribution >= 0.6 is 0 Å². The standard InChI is InChI=1S/C14H25N3O3S/c1-4-5-12(8-9-18)10-15-14-7-6-13(11-16-14)21(19,20)17(2)3/h6-7,11-12,18H,4-5,8-10H2,1-3H3,(H,15,16). The third kappa shape index (κ3) is 5.26. The summed E-state index contributed by atoms with van der Waals surface area (Å²) in [4.78, 5) is 4.32. The number of sulfonamides is 1. The molecule has 0 aliphatic rings. The molecule has 1 aromatic heterocycles. The van der Waals surface area contributed by atoms with Gasteiger partial charge in [-0.15, -0.1) is 0 Å². The van der Waals surface area contributed by atoms with Crippen LogP contribution in [0.25, 0.3) is 0 Å². The van der Waals surface area contributed by atoms with Crippen LogP contribution < -0.4 is 5.32 Å². The van der Waals surface area contributed by atoms with Gasteiger partial charge in [-0.3, -0.25) is 0 Å². The van der Waals surface area contributed by atoms with Crippen molar-refractivity contribution >= 4 is 15.8 Å². The van der Waals surface area contributed by atoms with Gasteiger partial charge in [-0.2, -0.15) is 0 Å². The van der Waals surface area contributed by atoms with Gasteiger partial charge in [0, 0.05) is 33.4 Å². The van der Waals surface area contributed by atoms with Crippen LogP contribution in [0.15, 0.2) is 23.2 Å². The molecule has 0 saturated carbocycles. The van der Waals surface area contributed by atoms with Crippen LogP contribution in [0.1, 0.15) is 26.2 Å². The van der Waals surface area contributed by atoms with E-state index >= 15 is 0 Å². The van der Waals surface area contributed by atoms with E-state index in [1.54, 1.807) is 12.1 Å². The highest BCUT2D eigenvalue weighted by Gasteiger charge is 2.17. The molecule has 0 spiro atoms. The van der Waals surface area contributed by atoms with Gasteiger partial charge in [0.2, 0.25) is 10.0 Å². The lowest BCUT2D eigenvalue weighted by Gasteiger charge is -2.16. The molecule has 6 nitrogen and oxygen atoms in total. The molecule has 120 valence electrons. The molecular formula is C14H25N3O3S. The molecule has 1 heterocycles. The van der Waals surface area contributed by atoms with Gasteiger partial charge >= 0.3 is 0 Å². The Bertz CT molecular complexity index is 509. The van der Waals surface area contributed by atoms with Crippen molar-refractivity contribution in [2.75, 3.05) is 32.6 Å². The summed E-state index contributed by atoms with van der Waals surface area (Å²) in [6.07, 6.45) is 4.23. The number of aliphatic hydroxyl groups excluding tert-OH is 1. The molecule has 1 unspecified atom stereocenters. The van der Waals surface area contributed by atoms with Crippen molar-refractivity contribution in [3.8, 4) is 0 Å². The summed E-state index contributed by atoms with van der Waals surface area (Å²) in [7, 11) is -0.449. The van der Waals surface area contributed by atoms with Crippen LogP contribution in [0, 0.1) is 5.92 Å². The zero-order valence-electron chi connectivity index (χ0n) is 12.9. The van der Waals surface area contributed by atoms with Gasteiger partial charge in [0.1, 0.15) is 10.7 Å². The molecule has 0 amide bonds. The summed E-state index contributed by atoms with van der Waals surface area (Å²) >= 11 is 0. The molecule has 0 aromatic carbocycles. The normalized spacial score (nSPS) is 13.4. The summed E-state index contributed by atoms with van der Waals surface area (Å²) < 4.78 is 25.0. The molecule has 0 aliphatic heterocycles. The minimum atomic E-state index is -3.43. The van der Waals surface area contributed by atoms with E-state index in [4.69, 9.17) is 5.11 Å². The largest absolute Gasteiger partial charge is 0.396 e. The molecule has 1 aromatic rings. The van der Waals surface area contributed by atoms with E-state index in [-0.39, 0.29) is 11.5 Å². The Labute approximate surface area is 127 Å². The van der Waals surface area contributed by atoms with Crippen molar-refractivity contribution in [2.45, 2.75) is 31.1 Å². The highest BCUT2D eigenvalue weighted by Crippen LogP contribution is 2.15. The summed E-state index contributed by atoms with van der Waals surface area (Å²) in [5.74, 6) is 1.04. The van der Waals surface area contributed by atoms with E-state index in [1.807, 2.05) is 0 Å². The third-order valence-electron chi connectivity index (χ3n) is 3.32. The minimum absolute atomic E-state index is 0.179. The number of pyridine rings is 1. The molecular weight excluding hydrogens is 290 g/mol. The smallest absolute Gasteiger partial charge is 0.244 e. The number of aromatic nitrogens is 1. The topological polar surface area (TPSA) is 82.5 Å². The van der Waals surface area contributed by atoms with E-state index in [0.717, 1.165) is 30.1 Å². The zero-order chi connectivity index (χ0) is 15.9. The Morgan fingerprint density at radius 1 is 1.33 bits per heavy atom. The van der Waals surface area contributed by atoms with Gasteiger partial charge in [-0.05, 0) is 30.9 Å². The Balaban J connectivity index is 2.67. The Hall–Kier alpha value is -1.18. The average Bonchev–Trinajstić information content (AvgIpc) is 2.45. The number of aliphatic hydroxyl groups is 1. The maximum Gasteiger partial charge on any atom is 0.244 e. The van der Waals surface area contributed by atoms with Gasteiger partial charge in [0.25, 0.3) is 0 Å². The van der Waals surface area contributed by atoms with E-state index in [9.17, 15) is 8.42 Å². The molecule has 0 aliphatic carbocycles. The summed E-state index contributed by atoms with van der Waals surface area (Å²) in [6, 6.07) is 3.21. The van der Waals surface area contributed by atoms with Gasteiger partial charge < -0.3 is 10.4 Å². The zero-order valence-corrected chi connectivity index (χ0v) is 13.7. The first-order chi connectivity index (χ1) is 9.91. The second-order valence-corrected chi connectivity index (χ2v) is 7.37. The summed E-state index contributed by atoms with van der Waals surface area (Å²) in [5.41, 5.74) is 0. The van der Waals surface area contributed by atoms with Crippen LogP contribution in [0.4, 0.5) is 5.82 Å². The lowest BCUT2D eigenvalue weighted by molar-refractivity contribution is 0.255. The molecule has 7 heteroatoms. The molecule has 1 rings (SSSR count). The first kappa shape index (κ1) is 17.9. The van der Waals surface area contributed by atoms with Crippen molar-refractivity contribution in [3.63, 3.8) is 0 Å². The number of rotatable bonds is 9. The molecule has 0 bridgehead atoms. The molecule has 2 N–H and O–H groups in total. The number of nitrogens with zero attached hydrogens (tertiary/aromatic N) is 2. The Kier molecular flexibility index (Phi) is 7.07. The van der Waals surface area contributed by atoms with Crippen LogP contribution in [-0.4, -0.2) is 50.1 Å². The van der Waals surface area contributed by atoms with Crippen molar-refractivity contribution in [1.29, 1.82) is 0 Å². The first-order valence-electron chi connectivity index (χ1n) is 7.15. The summed E-state index contributed by atoms with van der Waals surface area (Å²) in [5, 5.41) is 12.2. The summed E-state index contributed by atoms with van der Waals surface area (Å²) in [6.45, 7) is 3.02. The van der Waals surface area contributed by atoms with Gasteiger partial charge in [0.15, 0.2) is 0 Å². The van der Waals surface area contributed by atoms with Crippen LogP contribution in [0.2, 0.25) is 0 Å². The number of hydrogen-bond donors (Lipinski definition) is 2. The van der Waals surface area contributed by atoms with Crippen LogP contribution in [0.3, 0.4) is 0 Å². The van der Waals surface area contributed by atoms with E-state index in [2.05, 4.69) is 17.2 Å². The maximum absolute atomic E-state index is 11.9. The van der Waals surface area contributed by atoms with Crippen LogP contribution in [-0.2, 0) is 10.0 Å².